The molecular weight excluding hydrogens is 372 g/mol. The third-order valence-electron chi connectivity index (χ3n) is 4.78. The van der Waals surface area contributed by atoms with Crippen LogP contribution in [-0.4, -0.2) is 33.8 Å². The van der Waals surface area contributed by atoms with Crippen molar-refractivity contribution >= 4 is 28.5 Å². The number of carbonyl (C=O) groups excluding carboxylic acids is 3. The van der Waals surface area contributed by atoms with Gasteiger partial charge in [0, 0.05) is 42.0 Å². The number of fused-ring (bicyclic) bond motifs is 1. The molecule has 3 N–H and O–H groups in total. The SMILES string of the molecule is Cc1cc(C(=O)N[C@@H](C)C(=O)C[C@@H](C)C(=O)NCc2cccc3[nH]ccc23)no1. The molecule has 0 saturated carbocycles. The highest BCUT2D eigenvalue weighted by Gasteiger charge is 2.23. The quantitative estimate of drug-likeness (QED) is 0.541. The minimum atomic E-state index is -0.733. The summed E-state index contributed by atoms with van der Waals surface area (Å²) < 4.78 is 4.86. The standard InChI is InChI=1S/C21H24N4O4/c1-12(9-19(26)14(3)24-21(28)18-10-13(2)29-25-18)20(27)23-11-15-5-4-6-17-16(15)7-8-22-17/h4-8,10,12,14,22H,9,11H2,1-3H3,(H,23,27)(H,24,28)/t12-,14+/m1/s1. The normalized spacial score (nSPS) is 13.1. The summed E-state index contributed by atoms with van der Waals surface area (Å²) in [6, 6.07) is 8.57. The minimum absolute atomic E-state index is 0.0273. The molecule has 0 fully saturated rings. The van der Waals surface area contributed by atoms with Gasteiger partial charge in [0.25, 0.3) is 5.91 Å². The van der Waals surface area contributed by atoms with Gasteiger partial charge in [-0.3, -0.25) is 14.4 Å². The number of amides is 2. The van der Waals surface area contributed by atoms with Gasteiger partial charge in [-0.25, -0.2) is 0 Å². The van der Waals surface area contributed by atoms with Gasteiger partial charge in [0.05, 0.1) is 6.04 Å². The van der Waals surface area contributed by atoms with Crippen molar-refractivity contribution in [1.82, 2.24) is 20.8 Å². The molecule has 0 saturated heterocycles. The predicted molar refractivity (Wildman–Crippen MR) is 107 cm³/mol. The van der Waals surface area contributed by atoms with E-state index in [1.54, 1.807) is 20.8 Å². The lowest BCUT2D eigenvalue weighted by molar-refractivity contribution is -0.129. The number of nitrogens with zero attached hydrogens (tertiary/aromatic N) is 1. The van der Waals surface area contributed by atoms with Crippen molar-refractivity contribution in [1.29, 1.82) is 0 Å². The van der Waals surface area contributed by atoms with Crippen LogP contribution in [-0.2, 0) is 16.1 Å². The summed E-state index contributed by atoms with van der Waals surface area (Å²) in [5, 5.41) is 10.1. The summed E-state index contributed by atoms with van der Waals surface area (Å²) in [4.78, 5) is 40.0. The summed E-state index contributed by atoms with van der Waals surface area (Å²) in [5.41, 5.74) is 2.12. The largest absolute Gasteiger partial charge is 0.361 e. The first kappa shape index (κ1) is 20.3. The fourth-order valence-corrected chi connectivity index (χ4v) is 3.06. The van der Waals surface area contributed by atoms with Crippen molar-refractivity contribution in [3.8, 4) is 0 Å². The van der Waals surface area contributed by atoms with Crippen molar-refractivity contribution < 1.29 is 18.9 Å². The number of aromatic amines is 1. The highest BCUT2D eigenvalue weighted by Crippen LogP contribution is 2.17. The summed E-state index contributed by atoms with van der Waals surface area (Å²) >= 11 is 0. The Morgan fingerprint density at radius 3 is 2.72 bits per heavy atom. The van der Waals surface area contributed by atoms with E-state index < -0.39 is 17.9 Å². The predicted octanol–water partition coefficient (Wildman–Crippen LogP) is 2.49. The van der Waals surface area contributed by atoms with E-state index >= 15 is 0 Å². The Morgan fingerprint density at radius 2 is 2.00 bits per heavy atom. The van der Waals surface area contributed by atoms with Gasteiger partial charge in [-0.2, -0.15) is 0 Å². The number of rotatable bonds is 8. The Balaban J connectivity index is 1.50. The van der Waals surface area contributed by atoms with Crippen molar-refractivity contribution in [2.24, 2.45) is 5.92 Å². The summed E-state index contributed by atoms with van der Waals surface area (Å²) in [7, 11) is 0. The molecule has 2 aromatic heterocycles. The molecule has 0 aliphatic heterocycles. The van der Waals surface area contributed by atoms with Gasteiger partial charge in [-0.15, -0.1) is 0 Å². The van der Waals surface area contributed by atoms with Gasteiger partial charge in [0.15, 0.2) is 11.5 Å². The van der Waals surface area contributed by atoms with Crippen molar-refractivity contribution in [3.63, 3.8) is 0 Å². The van der Waals surface area contributed by atoms with Crippen LogP contribution >= 0.6 is 0 Å². The van der Waals surface area contributed by atoms with E-state index in [2.05, 4.69) is 20.8 Å². The number of H-pyrrole nitrogens is 1. The summed E-state index contributed by atoms with van der Waals surface area (Å²) in [6.45, 7) is 5.34. The number of carbonyl (C=O) groups is 3. The topological polar surface area (TPSA) is 117 Å². The number of hydrogen-bond donors (Lipinski definition) is 3. The lowest BCUT2D eigenvalue weighted by Gasteiger charge is -2.16. The molecule has 152 valence electrons. The molecule has 8 heteroatoms. The van der Waals surface area contributed by atoms with E-state index in [-0.39, 0.29) is 23.8 Å². The number of aryl methyl sites for hydroxylation is 1. The Kier molecular flexibility index (Phi) is 6.11. The molecule has 2 atom stereocenters. The molecule has 1 aromatic carbocycles. The van der Waals surface area contributed by atoms with E-state index in [9.17, 15) is 14.4 Å². The highest BCUT2D eigenvalue weighted by atomic mass is 16.5. The molecule has 0 spiro atoms. The van der Waals surface area contributed by atoms with Crippen LogP contribution in [0.5, 0.6) is 0 Å². The van der Waals surface area contributed by atoms with E-state index in [0.29, 0.717) is 12.3 Å². The number of benzene rings is 1. The average Bonchev–Trinajstić information content (AvgIpc) is 3.34. The molecule has 3 rings (SSSR count). The molecule has 0 unspecified atom stereocenters. The molecule has 0 bridgehead atoms. The van der Waals surface area contributed by atoms with E-state index in [0.717, 1.165) is 16.5 Å². The van der Waals surface area contributed by atoms with Crippen LogP contribution < -0.4 is 10.6 Å². The van der Waals surface area contributed by atoms with Crippen LogP contribution in [0.2, 0.25) is 0 Å². The zero-order valence-electron chi connectivity index (χ0n) is 16.6. The molecule has 0 aliphatic rings. The average molecular weight is 396 g/mol. The van der Waals surface area contributed by atoms with Gasteiger partial charge in [-0.1, -0.05) is 24.2 Å². The highest BCUT2D eigenvalue weighted by molar-refractivity contribution is 5.97. The first-order valence-electron chi connectivity index (χ1n) is 9.44. The van der Waals surface area contributed by atoms with Crippen molar-refractivity contribution in [2.45, 2.75) is 39.8 Å². The second-order valence-electron chi connectivity index (χ2n) is 7.16. The number of aromatic nitrogens is 2. The monoisotopic (exact) mass is 396 g/mol. The maximum absolute atomic E-state index is 12.4. The molecule has 29 heavy (non-hydrogen) atoms. The number of Topliss-reactive ketones (excluding diaryl/α,β-unsaturated/α-hetero) is 1. The Labute approximate surface area is 168 Å². The Hall–Kier alpha value is -3.42. The third kappa shape index (κ3) is 4.90. The number of hydrogen-bond acceptors (Lipinski definition) is 5. The van der Waals surface area contributed by atoms with Crippen LogP contribution in [0.4, 0.5) is 0 Å². The zero-order chi connectivity index (χ0) is 21.0. The Bertz CT molecular complexity index is 1040. The van der Waals surface area contributed by atoms with E-state index in [4.69, 9.17) is 4.52 Å². The molecule has 3 aromatic rings. The van der Waals surface area contributed by atoms with Crippen LogP contribution in [0, 0.1) is 12.8 Å². The fourth-order valence-electron chi connectivity index (χ4n) is 3.06. The third-order valence-corrected chi connectivity index (χ3v) is 4.78. The van der Waals surface area contributed by atoms with Gasteiger partial charge < -0.3 is 20.1 Å². The molecule has 0 aliphatic carbocycles. The lowest BCUT2D eigenvalue weighted by Crippen LogP contribution is -2.40. The van der Waals surface area contributed by atoms with E-state index in [1.165, 1.54) is 6.07 Å². The summed E-state index contributed by atoms with van der Waals surface area (Å²) in [5.74, 6) is -0.929. The Morgan fingerprint density at radius 1 is 1.21 bits per heavy atom. The lowest BCUT2D eigenvalue weighted by atomic mass is 9.99. The molecule has 0 radical (unpaired) electrons. The minimum Gasteiger partial charge on any atom is -0.361 e. The van der Waals surface area contributed by atoms with Gasteiger partial charge >= 0.3 is 0 Å². The van der Waals surface area contributed by atoms with Gasteiger partial charge in [0.1, 0.15) is 5.76 Å². The maximum atomic E-state index is 12.4. The molecular formula is C21H24N4O4. The fraction of sp³-hybridized carbons (Fsp3) is 0.333. The number of ketones is 1. The van der Waals surface area contributed by atoms with Crippen LogP contribution in [0.3, 0.4) is 0 Å². The van der Waals surface area contributed by atoms with Crippen molar-refractivity contribution in [2.75, 3.05) is 0 Å². The smallest absolute Gasteiger partial charge is 0.274 e. The molecule has 2 heterocycles. The first-order chi connectivity index (χ1) is 13.8. The van der Waals surface area contributed by atoms with E-state index in [1.807, 2.05) is 30.5 Å². The summed E-state index contributed by atoms with van der Waals surface area (Å²) in [6.07, 6.45) is 1.88. The first-order valence-corrected chi connectivity index (χ1v) is 9.44. The van der Waals surface area contributed by atoms with Crippen LogP contribution in [0.15, 0.2) is 41.1 Å². The molecule has 8 nitrogen and oxygen atoms in total. The second kappa shape index (κ2) is 8.72. The molecule has 2 amide bonds. The van der Waals surface area contributed by atoms with Crippen LogP contribution in [0.25, 0.3) is 10.9 Å². The second-order valence-corrected chi connectivity index (χ2v) is 7.16. The van der Waals surface area contributed by atoms with Gasteiger partial charge in [0.2, 0.25) is 5.91 Å². The van der Waals surface area contributed by atoms with Crippen LogP contribution in [0.1, 0.15) is 42.1 Å². The van der Waals surface area contributed by atoms with Crippen molar-refractivity contribution in [3.05, 3.63) is 53.5 Å². The zero-order valence-corrected chi connectivity index (χ0v) is 16.6. The number of nitrogens with one attached hydrogen (secondary N) is 3. The maximum Gasteiger partial charge on any atom is 0.274 e. The van der Waals surface area contributed by atoms with Gasteiger partial charge in [-0.05, 0) is 31.5 Å².